The smallest absolute Gasteiger partial charge is 0.117 e. The van der Waals surface area contributed by atoms with E-state index in [1.807, 2.05) is 12.1 Å². The molecule has 2 rings (SSSR count). The molecule has 15 heavy (non-hydrogen) atoms. The first-order chi connectivity index (χ1) is 7.24. The minimum Gasteiger partial charge on any atom is -0.508 e. The molecular weight excluding hydrogens is 190 g/mol. The zero-order valence-electron chi connectivity index (χ0n) is 8.66. The zero-order chi connectivity index (χ0) is 10.7. The maximum absolute atomic E-state index is 9.36. The summed E-state index contributed by atoms with van der Waals surface area (Å²) in [6, 6.07) is 7.14. The number of anilines is 1. The average molecular weight is 207 g/mol. The van der Waals surface area contributed by atoms with Crippen molar-refractivity contribution in [2.45, 2.75) is 12.0 Å². The Balaban J connectivity index is 2.12. The van der Waals surface area contributed by atoms with E-state index in [1.54, 1.807) is 12.1 Å². The summed E-state index contributed by atoms with van der Waals surface area (Å²) in [5.41, 5.74) is 6.65. The fraction of sp³-hybridized carbons (Fsp3) is 0.455. The molecule has 1 aromatic rings. The van der Waals surface area contributed by atoms with Gasteiger partial charge in [-0.15, -0.1) is 0 Å². The number of phenols is 1. The summed E-state index contributed by atoms with van der Waals surface area (Å²) in [6.45, 7) is 2.46. The molecule has 1 unspecified atom stereocenters. The number of hydrogen-bond acceptors (Lipinski definition) is 4. The number of aromatic hydroxyl groups is 1. The third kappa shape index (κ3) is 2.22. The van der Waals surface area contributed by atoms with E-state index in [0.717, 1.165) is 25.2 Å². The van der Waals surface area contributed by atoms with Crippen LogP contribution in [0.25, 0.3) is 0 Å². The van der Waals surface area contributed by atoms with Crippen LogP contribution in [0.2, 0.25) is 0 Å². The number of nitrogens with two attached hydrogens (primary N) is 1. The lowest BCUT2D eigenvalue weighted by Crippen LogP contribution is -2.47. The highest BCUT2D eigenvalue weighted by Gasteiger charge is 2.31. The Bertz CT molecular complexity index is 334. The molecule has 1 saturated heterocycles. The van der Waals surface area contributed by atoms with E-state index in [4.69, 9.17) is 5.73 Å². The largest absolute Gasteiger partial charge is 0.508 e. The van der Waals surface area contributed by atoms with Crippen molar-refractivity contribution in [2.24, 2.45) is 5.73 Å². The van der Waals surface area contributed by atoms with Crippen molar-refractivity contribution in [1.82, 2.24) is 5.32 Å². The highest BCUT2D eigenvalue weighted by Crippen LogP contribution is 2.23. The normalized spacial score (nSPS) is 25.4. The molecule has 1 aromatic carbocycles. The van der Waals surface area contributed by atoms with Crippen molar-refractivity contribution in [1.29, 1.82) is 0 Å². The van der Waals surface area contributed by atoms with E-state index < -0.39 is 0 Å². The quantitative estimate of drug-likeness (QED) is 0.582. The van der Waals surface area contributed by atoms with Crippen LogP contribution in [-0.4, -0.2) is 30.3 Å². The van der Waals surface area contributed by atoms with Gasteiger partial charge in [0.1, 0.15) is 5.75 Å². The van der Waals surface area contributed by atoms with Gasteiger partial charge in [0, 0.05) is 24.8 Å². The molecule has 1 fully saturated rings. The summed E-state index contributed by atoms with van der Waals surface area (Å²) in [5.74, 6) is 0.276. The maximum atomic E-state index is 9.36. The zero-order valence-corrected chi connectivity index (χ0v) is 8.66. The standard InChI is InChI=1S/C11H17N3O/c12-7-11(4-5-13-8-11)14-9-2-1-3-10(15)6-9/h1-3,6,13-15H,4-5,7-8,12H2. The summed E-state index contributed by atoms with van der Waals surface area (Å²) < 4.78 is 0. The Hall–Kier alpha value is -1.26. The predicted octanol–water partition coefficient (Wildman–Crippen LogP) is 0.495. The monoisotopic (exact) mass is 207 g/mol. The summed E-state index contributed by atoms with van der Waals surface area (Å²) in [5, 5.41) is 16.0. The fourth-order valence-electron chi connectivity index (χ4n) is 1.97. The topological polar surface area (TPSA) is 70.3 Å². The Labute approximate surface area is 89.5 Å². The van der Waals surface area contributed by atoms with E-state index in [0.29, 0.717) is 6.54 Å². The molecule has 0 aliphatic carbocycles. The van der Waals surface area contributed by atoms with Gasteiger partial charge >= 0.3 is 0 Å². The van der Waals surface area contributed by atoms with Crippen LogP contribution in [0.4, 0.5) is 5.69 Å². The summed E-state index contributed by atoms with van der Waals surface area (Å²) in [6.07, 6.45) is 1.01. The van der Waals surface area contributed by atoms with Crippen molar-refractivity contribution in [3.05, 3.63) is 24.3 Å². The van der Waals surface area contributed by atoms with Crippen molar-refractivity contribution >= 4 is 5.69 Å². The van der Waals surface area contributed by atoms with Crippen molar-refractivity contribution < 1.29 is 5.11 Å². The molecule has 82 valence electrons. The van der Waals surface area contributed by atoms with Gasteiger partial charge in [-0.2, -0.15) is 0 Å². The van der Waals surface area contributed by atoms with Gasteiger partial charge in [-0.1, -0.05) is 6.07 Å². The van der Waals surface area contributed by atoms with E-state index in [9.17, 15) is 5.11 Å². The van der Waals surface area contributed by atoms with Crippen LogP contribution in [0, 0.1) is 0 Å². The first kappa shape index (κ1) is 10.3. The molecule has 4 heteroatoms. The van der Waals surface area contributed by atoms with Gasteiger partial charge in [0.2, 0.25) is 0 Å². The van der Waals surface area contributed by atoms with Gasteiger partial charge < -0.3 is 21.5 Å². The number of benzene rings is 1. The molecular formula is C11H17N3O. The van der Waals surface area contributed by atoms with Crippen LogP contribution in [0.1, 0.15) is 6.42 Å². The van der Waals surface area contributed by atoms with Crippen LogP contribution in [0.15, 0.2) is 24.3 Å². The van der Waals surface area contributed by atoms with Gasteiger partial charge in [0.15, 0.2) is 0 Å². The first-order valence-electron chi connectivity index (χ1n) is 5.22. The van der Waals surface area contributed by atoms with Crippen LogP contribution in [-0.2, 0) is 0 Å². The second-order valence-electron chi connectivity index (χ2n) is 4.09. The minimum atomic E-state index is -0.0617. The number of rotatable bonds is 3. The Morgan fingerprint density at radius 2 is 2.40 bits per heavy atom. The SMILES string of the molecule is NCC1(Nc2cccc(O)c2)CCNC1. The van der Waals surface area contributed by atoms with Gasteiger partial charge in [-0.3, -0.25) is 0 Å². The van der Waals surface area contributed by atoms with Crippen LogP contribution >= 0.6 is 0 Å². The Morgan fingerprint density at radius 3 is 3.00 bits per heavy atom. The molecule has 0 spiro atoms. The molecule has 1 aliphatic heterocycles. The molecule has 0 aromatic heterocycles. The van der Waals surface area contributed by atoms with E-state index in [-0.39, 0.29) is 11.3 Å². The number of phenolic OH excluding ortho intramolecular Hbond substituents is 1. The first-order valence-corrected chi connectivity index (χ1v) is 5.22. The summed E-state index contributed by atoms with van der Waals surface area (Å²) >= 11 is 0. The minimum absolute atomic E-state index is 0.0617. The highest BCUT2D eigenvalue weighted by atomic mass is 16.3. The molecule has 0 bridgehead atoms. The molecule has 1 aliphatic rings. The molecule has 1 heterocycles. The molecule has 1 atom stereocenters. The van der Waals surface area contributed by atoms with E-state index in [2.05, 4.69) is 10.6 Å². The summed E-state index contributed by atoms with van der Waals surface area (Å²) in [7, 11) is 0. The highest BCUT2D eigenvalue weighted by molar-refractivity contribution is 5.50. The maximum Gasteiger partial charge on any atom is 0.117 e. The molecule has 4 nitrogen and oxygen atoms in total. The third-order valence-electron chi connectivity index (χ3n) is 2.89. The molecule has 5 N–H and O–H groups in total. The summed E-state index contributed by atoms with van der Waals surface area (Å²) in [4.78, 5) is 0. The van der Waals surface area contributed by atoms with Crippen molar-refractivity contribution in [2.75, 3.05) is 25.0 Å². The average Bonchev–Trinajstić information content (AvgIpc) is 2.67. The van der Waals surface area contributed by atoms with Crippen molar-refractivity contribution in [3.8, 4) is 5.75 Å². The second-order valence-corrected chi connectivity index (χ2v) is 4.09. The number of nitrogens with one attached hydrogen (secondary N) is 2. The Kier molecular flexibility index (Phi) is 2.79. The second kappa shape index (κ2) is 4.08. The number of hydrogen-bond donors (Lipinski definition) is 4. The third-order valence-corrected chi connectivity index (χ3v) is 2.89. The lowest BCUT2D eigenvalue weighted by molar-refractivity contribution is 0.474. The van der Waals surface area contributed by atoms with Crippen LogP contribution in [0.3, 0.4) is 0 Å². The van der Waals surface area contributed by atoms with Gasteiger partial charge in [0.25, 0.3) is 0 Å². The van der Waals surface area contributed by atoms with E-state index >= 15 is 0 Å². The van der Waals surface area contributed by atoms with E-state index in [1.165, 1.54) is 0 Å². The molecule has 0 radical (unpaired) electrons. The predicted molar refractivity (Wildman–Crippen MR) is 61.0 cm³/mol. The fourth-order valence-corrected chi connectivity index (χ4v) is 1.97. The lowest BCUT2D eigenvalue weighted by atomic mass is 9.98. The van der Waals surface area contributed by atoms with Crippen LogP contribution < -0.4 is 16.4 Å². The molecule has 0 saturated carbocycles. The Morgan fingerprint density at radius 1 is 1.53 bits per heavy atom. The molecule has 0 amide bonds. The van der Waals surface area contributed by atoms with Crippen LogP contribution in [0.5, 0.6) is 5.75 Å². The lowest BCUT2D eigenvalue weighted by Gasteiger charge is -2.29. The van der Waals surface area contributed by atoms with Gasteiger partial charge in [-0.05, 0) is 25.1 Å². The van der Waals surface area contributed by atoms with Gasteiger partial charge in [-0.25, -0.2) is 0 Å². The van der Waals surface area contributed by atoms with Gasteiger partial charge in [0.05, 0.1) is 5.54 Å². The van der Waals surface area contributed by atoms with Crippen molar-refractivity contribution in [3.63, 3.8) is 0 Å².